The molecule has 2 heterocycles. The summed E-state index contributed by atoms with van der Waals surface area (Å²) in [6.45, 7) is 3.84. The second kappa shape index (κ2) is 9.32. The van der Waals surface area contributed by atoms with Gasteiger partial charge >= 0.3 is 5.97 Å². The minimum Gasteiger partial charge on any atom is -0.494 e. The summed E-state index contributed by atoms with van der Waals surface area (Å²) < 4.78 is 12.4. The number of nitrogens with zero attached hydrogens (tertiary/aromatic N) is 4. The van der Waals surface area contributed by atoms with Crippen LogP contribution in [0, 0.1) is 0 Å². The van der Waals surface area contributed by atoms with E-state index in [1.54, 1.807) is 17.8 Å². The van der Waals surface area contributed by atoms with Crippen molar-refractivity contribution < 1.29 is 14.3 Å². The van der Waals surface area contributed by atoms with Gasteiger partial charge in [0.2, 0.25) is 0 Å². The van der Waals surface area contributed by atoms with Crippen LogP contribution in [0.4, 0.5) is 0 Å². The molecule has 0 unspecified atom stereocenters. The third-order valence-corrected chi connectivity index (χ3v) is 4.24. The first kappa shape index (κ1) is 19.8. The van der Waals surface area contributed by atoms with E-state index in [1.807, 2.05) is 36.4 Å². The summed E-state index contributed by atoms with van der Waals surface area (Å²) in [5.41, 5.74) is 2.39. The van der Waals surface area contributed by atoms with Crippen LogP contribution in [0.2, 0.25) is 0 Å². The lowest BCUT2D eigenvalue weighted by Gasteiger charge is -2.10. The monoisotopic (exact) mass is 382 g/mol. The van der Waals surface area contributed by atoms with E-state index in [0.29, 0.717) is 18.9 Å². The van der Waals surface area contributed by atoms with E-state index in [9.17, 15) is 4.79 Å². The van der Waals surface area contributed by atoms with Gasteiger partial charge in [-0.1, -0.05) is 0 Å². The highest BCUT2D eigenvalue weighted by Crippen LogP contribution is 2.28. The van der Waals surface area contributed by atoms with Gasteiger partial charge in [0, 0.05) is 23.7 Å². The van der Waals surface area contributed by atoms with E-state index in [1.165, 1.54) is 0 Å². The number of carbonyl (C=O) groups excluding carboxylic acids is 1. The average molecular weight is 382 g/mol. The molecule has 0 spiro atoms. The number of fused-ring (bicyclic) bond motifs is 1. The predicted molar refractivity (Wildman–Crippen MR) is 108 cm³/mol. The van der Waals surface area contributed by atoms with Gasteiger partial charge in [0.25, 0.3) is 0 Å². The molecule has 0 radical (unpaired) electrons. The van der Waals surface area contributed by atoms with Crippen LogP contribution in [0.3, 0.4) is 0 Å². The Morgan fingerprint density at radius 2 is 1.96 bits per heavy atom. The summed E-state index contributed by atoms with van der Waals surface area (Å²) in [5, 5.41) is 5.51. The second-order valence-electron chi connectivity index (χ2n) is 6.72. The number of aromatic nitrogens is 3. The Morgan fingerprint density at radius 3 is 2.68 bits per heavy atom. The molecule has 148 valence electrons. The number of hydrogen-bond acceptors (Lipinski definition) is 6. The molecule has 3 rings (SSSR count). The first-order valence-electron chi connectivity index (χ1n) is 9.43. The maximum atomic E-state index is 11.9. The molecule has 0 fully saturated rings. The number of esters is 1. The van der Waals surface area contributed by atoms with E-state index < -0.39 is 0 Å². The molecule has 0 amide bonds. The van der Waals surface area contributed by atoms with E-state index in [-0.39, 0.29) is 12.5 Å². The van der Waals surface area contributed by atoms with Gasteiger partial charge in [0.15, 0.2) is 5.65 Å². The minimum absolute atomic E-state index is 0.0361. The molecule has 0 saturated carbocycles. The fourth-order valence-corrected chi connectivity index (χ4v) is 2.94. The maximum Gasteiger partial charge on any atom is 0.327 e. The highest BCUT2D eigenvalue weighted by atomic mass is 16.5. The fraction of sp³-hybridized carbons (Fsp3) is 0.381. The summed E-state index contributed by atoms with van der Waals surface area (Å²) in [6, 6.07) is 11.7. The Balaban J connectivity index is 1.78. The van der Waals surface area contributed by atoms with Crippen molar-refractivity contribution in [2.45, 2.75) is 19.9 Å². The molecule has 0 aliphatic heterocycles. The van der Waals surface area contributed by atoms with E-state index in [0.717, 1.165) is 35.4 Å². The maximum absolute atomic E-state index is 11.9. The zero-order chi connectivity index (χ0) is 19.9. The Labute approximate surface area is 164 Å². The van der Waals surface area contributed by atoms with Gasteiger partial charge in [-0.05, 0) is 63.8 Å². The highest BCUT2D eigenvalue weighted by molar-refractivity contribution is 5.91. The van der Waals surface area contributed by atoms with Crippen molar-refractivity contribution in [3.8, 4) is 17.0 Å². The SMILES string of the molecule is CCOC(=O)Cn1nc(-c2ccc(OCCCN(C)C)cc2)c2cccnc21. The van der Waals surface area contributed by atoms with Crippen molar-refractivity contribution >= 4 is 17.0 Å². The first-order chi connectivity index (χ1) is 13.6. The van der Waals surface area contributed by atoms with E-state index >= 15 is 0 Å². The predicted octanol–water partition coefficient (Wildman–Crippen LogP) is 2.99. The van der Waals surface area contributed by atoms with Crippen molar-refractivity contribution in [1.82, 2.24) is 19.7 Å². The molecule has 2 aromatic heterocycles. The van der Waals surface area contributed by atoms with Crippen LogP contribution in [-0.2, 0) is 16.1 Å². The van der Waals surface area contributed by atoms with Gasteiger partial charge in [-0.3, -0.25) is 4.79 Å². The third-order valence-electron chi connectivity index (χ3n) is 4.24. The van der Waals surface area contributed by atoms with Gasteiger partial charge in [-0.25, -0.2) is 9.67 Å². The lowest BCUT2D eigenvalue weighted by Crippen LogP contribution is -2.15. The minimum atomic E-state index is -0.328. The fourth-order valence-electron chi connectivity index (χ4n) is 2.94. The van der Waals surface area contributed by atoms with E-state index in [2.05, 4.69) is 29.1 Å². The van der Waals surface area contributed by atoms with Crippen LogP contribution in [0.5, 0.6) is 5.75 Å². The lowest BCUT2D eigenvalue weighted by atomic mass is 10.1. The largest absolute Gasteiger partial charge is 0.494 e. The van der Waals surface area contributed by atoms with Crippen LogP contribution in [0.15, 0.2) is 42.6 Å². The summed E-state index contributed by atoms with van der Waals surface area (Å²) in [4.78, 5) is 18.4. The number of rotatable bonds is 9. The topological polar surface area (TPSA) is 69.5 Å². The second-order valence-corrected chi connectivity index (χ2v) is 6.72. The molecule has 0 saturated heterocycles. The molecule has 7 nitrogen and oxygen atoms in total. The summed E-state index contributed by atoms with van der Waals surface area (Å²) >= 11 is 0. The van der Waals surface area contributed by atoms with E-state index in [4.69, 9.17) is 9.47 Å². The highest BCUT2D eigenvalue weighted by Gasteiger charge is 2.15. The summed E-state index contributed by atoms with van der Waals surface area (Å²) in [5.74, 6) is 0.501. The Kier molecular flexibility index (Phi) is 6.60. The molecule has 0 N–H and O–H groups in total. The molecule has 1 aromatic carbocycles. The van der Waals surface area contributed by atoms with Crippen LogP contribution >= 0.6 is 0 Å². The van der Waals surface area contributed by atoms with Crippen molar-refractivity contribution in [1.29, 1.82) is 0 Å². The molecular weight excluding hydrogens is 356 g/mol. The van der Waals surface area contributed by atoms with Crippen LogP contribution in [-0.4, -0.2) is 59.5 Å². The Bertz CT molecular complexity index is 919. The summed E-state index contributed by atoms with van der Waals surface area (Å²) in [6.07, 6.45) is 2.67. The van der Waals surface area contributed by atoms with Gasteiger partial charge in [-0.2, -0.15) is 5.10 Å². The molecular formula is C21H26N4O3. The Hall–Kier alpha value is -2.93. The standard InChI is InChI=1S/C21H26N4O3/c1-4-27-19(26)15-25-21-18(7-5-12-22-21)20(23-25)16-8-10-17(11-9-16)28-14-6-13-24(2)3/h5,7-12H,4,6,13-15H2,1-3H3. The van der Waals surface area contributed by atoms with Crippen LogP contribution < -0.4 is 4.74 Å². The number of pyridine rings is 1. The van der Waals surface area contributed by atoms with Gasteiger partial charge in [0.05, 0.1) is 13.2 Å². The van der Waals surface area contributed by atoms with Crippen molar-refractivity contribution in [3.05, 3.63) is 42.6 Å². The average Bonchev–Trinajstić information content (AvgIpc) is 3.04. The molecule has 3 aromatic rings. The number of hydrogen-bond donors (Lipinski definition) is 0. The molecule has 0 atom stereocenters. The van der Waals surface area contributed by atoms with Gasteiger partial charge < -0.3 is 14.4 Å². The molecule has 0 aliphatic carbocycles. The number of carbonyl (C=O) groups is 1. The normalized spacial score (nSPS) is 11.1. The van der Waals surface area contributed by atoms with Gasteiger partial charge in [-0.15, -0.1) is 0 Å². The molecule has 0 aliphatic rings. The zero-order valence-electron chi connectivity index (χ0n) is 16.6. The van der Waals surface area contributed by atoms with Crippen molar-refractivity contribution in [2.75, 3.05) is 33.9 Å². The quantitative estimate of drug-likeness (QED) is 0.419. The smallest absolute Gasteiger partial charge is 0.327 e. The molecule has 0 bridgehead atoms. The third kappa shape index (κ3) is 4.86. The Morgan fingerprint density at radius 1 is 1.18 bits per heavy atom. The lowest BCUT2D eigenvalue weighted by molar-refractivity contribution is -0.143. The van der Waals surface area contributed by atoms with Gasteiger partial charge in [0.1, 0.15) is 18.0 Å². The van der Waals surface area contributed by atoms with Crippen LogP contribution in [0.25, 0.3) is 22.3 Å². The van der Waals surface area contributed by atoms with Crippen LogP contribution in [0.1, 0.15) is 13.3 Å². The summed E-state index contributed by atoms with van der Waals surface area (Å²) in [7, 11) is 4.10. The van der Waals surface area contributed by atoms with Crippen molar-refractivity contribution in [2.24, 2.45) is 0 Å². The molecule has 28 heavy (non-hydrogen) atoms. The molecule has 7 heteroatoms. The number of ether oxygens (including phenoxy) is 2. The van der Waals surface area contributed by atoms with Crippen molar-refractivity contribution in [3.63, 3.8) is 0 Å². The first-order valence-corrected chi connectivity index (χ1v) is 9.43. The zero-order valence-corrected chi connectivity index (χ0v) is 16.6. The number of benzene rings is 1.